The Labute approximate surface area is 347 Å². The van der Waals surface area contributed by atoms with Crippen LogP contribution in [0.25, 0.3) is 15.2 Å². The summed E-state index contributed by atoms with van der Waals surface area (Å²) in [6.07, 6.45) is 6.62. The van der Waals surface area contributed by atoms with Crippen LogP contribution in [0.3, 0.4) is 0 Å². The first-order valence-corrected chi connectivity index (χ1v) is 23.1. The highest BCUT2D eigenvalue weighted by Crippen LogP contribution is 2.46. The molecule has 3 aromatic carbocycles. The number of ether oxygens (including phenoxy) is 2. The topological polar surface area (TPSA) is 130 Å². The van der Waals surface area contributed by atoms with Gasteiger partial charge in [0.25, 0.3) is 13.9 Å². The molecule has 59 heavy (non-hydrogen) atoms. The van der Waals surface area contributed by atoms with Gasteiger partial charge in [-0.3, -0.25) is 14.2 Å². The molecule has 0 unspecified atom stereocenters. The van der Waals surface area contributed by atoms with Gasteiger partial charge in [0.1, 0.15) is 33.5 Å². The molecule has 0 spiro atoms. The summed E-state index contributed by atoms with van der Waals surface area (Å²) in [5.41, 5.74) is -0.0983. The van der Waals surface area contributed by atoms with Crippen molar-refractivity contribution in [1.29, 1.82) is 0 Å². The molecule has 1 aliphatic heterocycles. The molecule has 8 rings (SSSR count). The van der Waals surface area contributed by atoms with Crippen LogP contribution in [0, 0.1) is 18.7 Å². The van der Waals surface area contributed by atoms with Crippen molar-refractivity contribution in [2.75, 3.05) is 13.7 Å². The zero-order valence-electron chi connectivity index (χ0n) is 33.8. The van der Waals surface area contributed by atoms with E-state index in [0.717, 1.165) is 47.0 Å². The Balaban J connectivity index is 1.12. The lowest BCUT2D eigenvalue weighted by molar-refractivity contribution is -0.122. The van der Waals surface area contributed by atoms with Crippen molar-refractivity contribution in [3.8, 4) is 10.8 Å². The summed E-state index contributed by atoms with van der Waals surface area (Å²) in [5.74, 6) is -0.128. The molecule has 1 saturated heterocycles. The fraction of sp³-hybridized carbons (Fsp3) is 0.378. The molecule has 11 nitrogen and oxygen atoms in total. The number of fused-ring (bicyclic) bond motifs is 1. The minimum Gasteiger partial charge on any atom is -0.496 e. The number of nitrogens with one attached hydrogen (secondary N) is 1. The zero-order chi connectivity index (χ0) is 41.5. The SMILES string of the molecule is COc1ccc(F)cc1[C@H](Cn1c(=O)n([C@@H]2CCNC2=O)c(=O)c2c(C)c(-n3cccn3)sc21)OC1CCC(CC(C)(C)[Si](O)(c2ccccc2)c2ccccc2)CC1. The van der Waals surface area contributed by atoms with Crippen LogP contribution in [0.4, 0.5) is 4.39 Å². The van der Waals surface area contributed by atoms with Gasteiger partial charge in [0.2, 0.25) is 5.91 Å². The molecular weight excluding hydrogens is 786 g/mol. The minimum absolute atomic E-state index is 0.0675. The van der Waals surface area contributed by atoms with Gasteiger partial charge >= 0.3 is 5.69 Å². The second kappa shape index (κ2) is 16.5. The molecule has 308 valence electrons. The van der Waals surface area contributed by atoms with Crippen LogP contribution in [0.5, 0.6) is 5.75 Å². The van der Waals surface area contributed by atoms with E-state index in [4.69, 9.17) is 9.47 Å². The third kappa shape index (κ3) is 7.51. The summed E-state index contributed by atoms with van der Waals surface area (Å²) in [6, 6.07) is 25.2. The molecule has 3 aromatic heterocycles. The lowest BCUT2D eigenvalue weighted by Gasteiger charge is -2.44. The maximum absolute atomic E-state index is 15.1. The predicted octanol–water partition coefficient (Wildman–Crippen LogP) is 6.17. The van der Waals surface area contributed by atoms with Gasteiger partial charge in [-0.25, -0.2) is 18.4 Å². The third-order valence-electron chi connectivity index (χ3n) is 12.5. The predicted molar refractivity (Wildman–Crippen MR) is 230 cm³/mol. The van der Waals surface area contributed by atoms with Crippen molar-refractivity contribution in [3.63, 3.8) is 0 Å². The molecule has 1 saturated carbocycles. The highest BCUT2D eigenvalue weighted by atomic mass is 32.1. The summed E-state index contributed by atoms with van der Waals surface area (Å²) in [7, 11) is -1.69. The third-order valence-corrected chi connectivity index (χ3v) is 18.3. The Morgan fingerprint density at radius 2 is 1.64 bits per heavy atom. The van der Waals surface area contributed by atoms with Crippen molar-refractivity contribution in [3.05, 3.63) is 135 Å². The fourth-order valence-electron chi connectivity index (χ4n) is 9.44. The highest BCUT2D eigenvalue weighted by Gasteiger charge is 2.51. The molecule has 2 N–H and O–H groups in total. The van der Waals surface area contributed by atoms with Crippen LogP contribution >= 0.6 is 11.3 Å². The minimum atomic E-state index is -3.20. The van der Waals surface area contributed by atoms with E-state index in [1.807, 2.05) is 43.3 Å². The summed E-state index contributed by atoms with van der Waals surface area (Å²) in [5, 5.41) is 9.73. The number of halogens is 1. The Morgan fingerprint density at radius 3 is 2.24 bits per heavy atom. The molecule has 14 heteroatoms. The van der Waals surface area contributed by atoms with Crippen LogP contribution in [-0.4, -0.2) is 57.7 Å². The number of amides is 1. The number of nitrogens with zero attached hydrogens (tertiary/aromatic N) is 4. The fourth-order valence-corrected chi connectivity index (χ4v) is 14.5. The van der Waals surface area contributed by atoms with Gasteiger partial charge in [0, 0.05) is 30.1 Å². The molecule has 2 fully saturated rings. The molecule has 0 radical (unpaired) electrons. The number of aryl methyl sites for hydroxylation is 1. The van der Waals surface area contributed by atoms with Gasteiger partial charge in [0.05, 0.1) is 25.1 Å². The Morgan fingerprint density at radius 1 is 0.966 bits per heavy atom. The Hall–Kier alpha value is -5.15. The molecule has 2 aliphatic rings. The first kappa shape index (κ1) is 40.6. The second-order valence-electron chi connectivity index (χ2n) is 16.5. The van der Waals surface area contributed by atoms with E-state index in [9.17, 15) is 19.2 Å². The number of thiophene rings is 1. The molecule has 4 heterocycles. The molecule has 0 bridgehead atoms. The second-order valence-corrected chi connectivity index (χ2v) is 21.4. The summed E-state index contributed by atoms with van der Waals surface area (Å²) < 4.78 is 32.1. The lowest BCUT2D eigenvalue weighted by Crippen LogP contribution is -2.65. The Kier molecular flexibility index (Phi) is 11.3. The van der Waals surface area contributed by atoms with Crippen molar-refractivity contribution >= 4 is 46.2 Å². The van der Waals surface area contributed by atoms with Crippen LogP contribution in [-0.2, 0) is 16.1 Å². The van der Waals surface area contributed by atoms with Gasteiger partial charge in [-0.15, -0.1) is 0 Å². The smallest absolute Gasteiger partial charge is 0.332 e. The number of hydrogen-bond donors (Lipinski definition) is 2. The summed E-state index contributed by atoms with van der Waals surface area (Å²) >= 11 is 1.26. The number of rotatable bonds is 13. The number of methoxy groups -OCH3 is 1. The molecule has 1 aliphatic carbocycles. The van der Waals surface area contributed by atoms with Crippen molar-refractivity contribution in [2.24, 2.45) is 5.92 Å². The maximum Gasteiger partial charge on any atom is 0.332 e. The van der Waals surface area contributed by atoms with Crippen LogP contribution in [0.1, 0.15) is 75.6 Å². The number of carbonyl (C=O) groups is 1. The normalized spacial score (nSPS) is 19.2. The molecular formula is C45H50FN5O6SSi. The molecule has 6 aromatic rings. The zero-order valence-corrected chi connectivity index (χ0v) is 35.6. The Bertz CT molecular complexity index is 2530. The average molecular weight is 836 g/mol. The first-order valence-electron chi connectivity index (χ1n) is 20.3. The van der Waals surface area contributed by atoms with Crippen LogP contribution < -0.4 is 31.7 Å². The van der Waals surface area contributed by atoms with Gasteiger partial charge in [0.15, 0.2) is 0 Å². The first-order chi connectivity index (χ1) is 28.4. The van der Waals surface area contributed by atoms with Gasteiger partial charge in [-0.05, 0) is 91.0 Å². The van der Waals surface area contributed by atoms with Crippen molar-refractivity contribution < 1.29 is 23.5 Å². The van der Waals surface area contributed by atoms with E-state index in [1.54, 1.807) is 29.2 Å². The number of hydrogen-bond acceptors (Lipinski definition) is 8. The van der Waals surface area contributed by atoms with E-state index >= 15 is 4.39 Å². The van der Waals surface area contributed by atoms with Crippen molar-refractivity contribution in [1.82, 2.24) is 24.2 Å². The van der Waals surface area contributed by atoms with E-state index < -0.39 is 42.6 Å². The van der Waals surface area contributed by atoms with E-state index in [-0.39, 0.29) is 18.6 Å². The quantitative estimate of drug-likeness (QED) is 0.133. The van der Waals surface area contributed by atoms with Crippen molar-refractivity contribution in [2.45, 2.75) is 89.1 Å². The van der Waals surface area contributed by atoms with Gasteiger partial charge in [-0.1, -0.05) is 85.8 Å². The summed E-state index contributed by atoms with van der Waals surface area (Å²) in [6.45, 7) is 6.50. The standard InChI is InChI=1S/C45H50FN5O6SSi/c1-29-39-41(53)51(36-22-24-47-40(36)52)44(54)49(43(39)58-42(29)50-25-11-23-48-50)28-38(35-26-31(46)18-21-37(35)56-4)57-32-19-16-30(17-20-32)27-45(2,3)59(55,33-12-7-5-8-13-33)34-14-9-6-10-15-34/h5-15,18,21,23,25-26,30,32,36,38,55H,16-17,19-20,22,24,27-28H2,1-4H3,(H,47,52)/t30?,32?,36-,38+/m1/s1. The van der Waals surface area contributed by atoms with E-state index in [1.165, 1.54) is 35.1 Å². The van der Waals surface area contributed by atoms with Gasteiger partial charge < -0.3 is 19.6 Å². The molecule has 2 atom stereocenters. The summed E-state index contributed by atoms with van der Waals surface area (Å²) in [4.78, 5) is 55.1. The average Bonchev–Trinajstić information content (AvgIpc) is 4.01. The lowest BCUT2D eigenvalue weighted by atomic mass is 9.82. The number of aromatic nitrogens is 4. The number of benzene rings is 3. The monoisotopic (exact) mass is 835 g/mol. The largest absolute Gasteiger partial charge is 0.496 e. The highest BCUT2D eigenvalue weighted by molar-refractivity contribution is 7.21. The number of carbonyl (C=O) groups excluding carboxylic acids is 1. The van der Waals surface area contributed by atoms with E-state index in [2.05, 4.69) is 48.5 Å². The molecule has 1 amide bonds. The van der Waals surface area contributed by atoms with E-state index in [0.29, 0.717) is 51.0 Å². The maximum atomic E-state index is 15.1. The van der Waals surface area contributed by atoms with Gasteiger partial charge in [-0.2, -0.15) is 5.10 Å². The van der Waals surface area contributed by atoms with Crippen LogP contribution in [0.15, 0.2) is 107 Å². The van der Waals surface area contributed by atoms with Crippen LogP contribution in [0.2, 0.25) is 5.04 Å².